The molecule has 2 N–H and O–H groups in total. The van der Waals surface area contributed by atoms with Crippen molar-refractivity contribution in [1.29, 1.82) is 0 Å². The maximum Gasteiger partial charge on any atom is 0.325 e. The number of aromatic nitrogens is 2. The van der Waals surface area contributed by atoms with Crippen molar-refractivity contribution in [3.63, 3.8) is 0 Å². The van der Waals surface area contributed by atoms with Crippen LogP contribution in [-0.2, 0) is 17.6 Å². The summed E-state index contributed by atoms with van der Waals surface area (Å²) in [4.78, 5) is 23.2. The van der Waals surface area contributed by atoms with Crippen molar-refractivity contribution < 1.29 is 23.5 Å². The van der Waals surface area contributed by atoms with Crippen LogP contribution in [0.1, 0.15) is 35.1 Å². The third-order valence-electron chi connectivity index (χ3n) is 4.01. The topological polar surface area (TPSA) is 84.2 Å². The minimum absolute atomic E-state index is 0.125. The fraction of sp³-hybridized carbons (Fsp3) is 0.312. The monoisotopic (exact) mass is 335 g/mol. The Labute approximate surface area is 136 Å². The highest BCUT2D eigenvalue weighted by Crippen LogP contribution is 2.28. The average Bonchev–Trinajstić information content (AvgIpc) is 3.11. The number of hydrogen-bond donors (Lipinski definition) is 2. The van der Waals surface area contributed by atoms with Crippen LogP contribution in [0.25, 0.3) is 5.69 Å². The summed E-state index contributed by atoms with van der Waals surface area (Å²) >= 11 is 0. The summed E-state index contributed by atoms with van der Waals surface area (Å²) in [6.45, 7) is 1.35. The molecule has 126 valence electrons. The van der Waals surface area contributed by atoms with E-state index in [4.69, 9.17) is 5.11 Å². The van der Waals surface area contributed by atoms with E-state index in [2.05, 4.69) is 10.4 Å². The Morgan fingerprint density at radius 3 is 2.71 bits per heavy atom. The molecule has 0 saturated heterocycles. The lowest BCUT2D eigenvalue weighted by Crippen LogP contribution is -2.38. The molecule has 3 rings (SSSR count). The van der Waals surface area contributed by atoms with Gasteiger partial charge in [-0.2, -0.15) is 5.10 Å². The van der Waals surface area contributed by atoms with E-state index in [-0.39, 0.29) is 5.69 Å². The summed E-state index contributed by atoms with van der Waals surface area (Å²) in [6.07, 6.45) is 2.10. The predicted octanol–water partition coefficient (Wildman–Crippen LogP) is 1.84. The van der Waals surface area contributed by atoms with Gasteiger partial charge in [0.2, 0.25) is 0 Å². The summed E-state index contributed by atoms with van der Waals surface area (Å²) in [7, 11) is 0. The highest BCUT2D eigenvalue weighted by molar-refractivity contribution is 5.96. The molecule has 1 heterocycles. The van der Waals surface area contributed by atoms with Crippen LogP contribution in [0.5, 0.6) is 0 Å². The lowest BCUT2D eigenvalue weighted by molar-refractivity contribution is -0.138. The maximum absolute atomic E-state index is 13.5. The first-order valence-corrected chi connectivity index (χ1v) is 7.48. The zero-order valence-corrected chi connectivity index (χ0v) is 12.8. The van der Waals surface area contributed by atoms with Crippen molar-refractivity contribution in [2.45, 2.75) is 32.2 Å². The van der Waals surface area contributed by atoms with Gasteiger partial charge in [0.1, 0.15) is 6.04 Å². The Kier molecular flexibility index (Phi) is 4.04. The number of nitrogens with zero attached hydrogens (tertiary/aromatic N) is 2. The normalized spacial score (nSPS) is 14.3. The summed E-state index contributed by atoms with van der Waals surface area (Å²) in [5.41, 5.74) is 1.92. The van der Waals surface area contributed by atoms with Crippen molar-refractivity contribution in [3.05, 3.63) is 46.8 Å². The van der Waals surface area contributed by atoms with Gasteiger partial charge < -0.3 is 10.4 Å². The zero-order chi connectivity index (χ0) is 17.4. The van der Waals surface area contributed by atoms with Gasteiger partial charge in [-0.3, -0.25) is 9.59 Å². The number of nitrogens with one attached hydrogen (secondary N) is 1. The summed E-state index contributed by atoms with van der Waals surface area (Å²) in [6, 6.07) is 2.34. The van der Waals surface area contributed by atoms with Gasteiger partial charge in [-0.05, 0) is 38.3 Å². The molecule has 0 aliphatic heterocycles. The molecule has 24 heavy (non-hydrogen) atoms. The van der Waals surface area contributed by atoms with Crippen LogP contribution in [0, 0.1) is 11.6 Å². The van der Waals surface area contributed by atoms with E-state index in [1.807, 2.05) is 0 Å². The van der Waals surface area contributed by atoms with Crippen LogP contribution in [-0.4, -0.2) is 32.8 Å². The van der Waals surface area contributed by atoms with Crippen molar-refractivity contribution in [1.82, 2.24) is 15.1 Å². The number of benzene rings is 1. The molecule has 1 aliphatic rings. The van der Waals surface area contributed by atoms with E-state index in [0.29, 0.717) is 18.5 Å². The number of rotatable bonds is 4. The number of hydrogen-bond acceptors (Lipinski definition) is 3. The summed E-state index contributed by atoms with van der Waals surface area (Å²) < 4.78 is 28.0. The van der Waals surface area contributed by atoms with Gasteiger partial charge >= 0.3 is 5.97 Å². The third-order valence-corrected chi connectivity index (χ3v) is 4.01. The second-order valence-corrected chi connectivity index (χ2v) is 5.67. The van der Waals surface area contributed by atoms with Gasteiger partial charge in [0.05, 0.1) is 5.69 Å². The number of carboxylic acid groups (broad SMARTS) is 1. The predicted molar refractivity (Wildman–Crippen MR) is 80.1 cm³/mol. The second kappa shape index (κ2) is 6.03. The highest BCUT2D eigenvalue weighted by atomic mass is 19.2. The van der Waals surface area contributed by atoms with Crippen LogP contribution < -0.4 is 5.32 Å². The molecular formula is C16H15F2N3O3. The Morgan fingerprint density at radius 1 is 1.29 bits per heavy atom. The molecule has 1 aromatic heterocycles. The van der Waals surface area contributed by atoms with Gasteiger partial charge in [-0.1, -0.05) is 0 Å². The first-order valence-electron chi connectivity index (χ1n) is 7.48. The Balaban J connectivity index is 2.00. The van der Waals surface area contributed by atoms with E-state index in [1.54, 1.807) is 0 Å². The Bertz CT molecular complexity index is 832. The van der Waals surface area contributed by atoms with Gasteiger partial charge in [0.15, 0.2) is 17.3 Å². The Hall–Kier alpha value is -2.77. The van der Waals surface area contributed by atoms with Crippen molar-refractivity contribution in [3.8, 4) is 5.69 Å². The zero-order valence-electron chi connectivity index (χ0n) is 12.8. The van der Waals surface area contributed by atoms with Crippen molar-refractivity contribution in [2.24, 2.45) is 0 Å². The quantitative estimate of drug-likeness (QED) is 0.893. The van der Waals surface area contributed by atoms with Gasteiger partial charge in [0, 0.05) is 17.3 Å². The molecule has 1 atom stereocenters. The van der Waals surface area contributed by atoms with E-state index >= 15 is 0 Å². The number of carbonyl (C=O) groups excluding carboxylic acids is 1. The fourth-order valence-corrected chi connectivity index (χ4v) is 2.78. The van der Waals surface area contributed by atoms with Gasteiger partial charge in [-0.25, -0.2) is 13.5 Å². The molecule has 6 nitrogen and oxygen atoms in total. The number of amides is 1. The summed E-state index contributed by atoms with van der Waals surface area (Å²) in [5.74, 6) is -3.71. The lowest BCUT2D eigenvalue weighted by atomic mass is 10.2. The number of aliphatic carboxylic acids is 1. The SMILES string of the molecule is C[C@H](NC(=O)c1nn(-c2ccc(F)c(F)c2)c2c1CCC2)C(=O)O. The first-order chi connectivity index (χ1) is 11.4. The van der Waals surface area contributed by atoms with Crippen LogP contribution >= 0.6 is 0 Å². The van der Waals surface area contributed by atoms with E-state index < -0.39 is 29.6 Å². The van der Waals surface area contributed by atoms with E-state index in [9.17, 15) is 18.4 Å². The largest absolute Gasteiger partial charge is 0.480 e. The molecule has 0 fully saturated rings. The average molecular weight is 335 g/mol. The molecule has 0 unspecified atom stereocenters. The molecule has 0 radical (unpaired) electrons. The van der Waals surface area contributed by atoms with Gasteiger partial charge in [0.25, 0.3) is 5.91 Å². The second-order valence-electron chi connectivity index (χ2n) is 5.67. The molecule has 2 aromatic rings. The van der Waals surface area contributed by atoms with Crippen molar-refractivity contribution in [2.75, 3.05) is 0 Å². The van der Waals surface area contributed by atoms with Crippen LogP contribution in [0.4, 0.5) is 8.78 Å². The number of carbonyl (C=O) groups is 2. The molecule has 0 bridgehead atoms. The summed E-state index contributed by atoms with van der Waals surface area (Å²) in [5, 5.41) is 15.5. The molecule has 0 spiro atoms. The lowest BCUT2D eigenvalue weighted by Gasteiger charge is -2.08. The standard InChI is InChI=1S/C16H15F2N3O3/c1-8(16(23)24)19-15(22)14-10-3-2-4-13(10)21(20-14)9-5-6-11(17)12(18)7-9/h5-8H,2-4H2,1H3,(H,19,22)(H,23,24)/t8-/m0/s1. The van der Waals surface area contributed by atoms with E-state index in [1.165, 1.54) is 17.7 Å². The smallest absolute Gasteiger partial charge is 0.325 e. The molecule has 1 aliphatic carbocycles. The fourth-order valence-electron chi connectivity index (χ4n) is 2.78. The van der Waals surface area contributed by atoms with Gasteiger partial charge in [-0.15, -0.1) is 0 Å². The first kappa shape index (κ1) is 16.1. The molecule has 1 aromatic carbocycles. The van der Waals surface area contributed by atoms with E-state index in [0.717, 1.165) is 29.8 Å². The number of fused-ring (bicyclic) bond motifs is 1. The van der Waals surface area contributed by atoms with Crippen LogP contribution in [0.2, 0.25) is 0 Å². The third kappa shape index (κ3) is 2.75. The van der Waals surface area contributed by atoms with Crippen molar-refractivity contribution >= 4 is 11.9 Å². The molecular weight excluding hydrogens is 320 g/mol. The Morgan fingerprint density at radius 2 is 2.04 bits per heavy atom. The number of halogens is 2. The maximum atomic E-state index is 13.5. The van der Waals surface area contributed by atoms with Crippen LogP contribution in [0.15, 0.2) is 18.2 Å². The molecule has 8 heteroatoms. The minimum Gasteiger partial charge on any atom is -0.480 e. The highest BCUT2D eigenvalue weighted by Gasteiger charge is 2.28. The molecule has 0 saturated carbocycles. The minimum atomic E-state index is -1.15. The van der Waals surface area contributed by atoms with Crippen LogP contribution in [0.3, 0.4) is 0 Å². The number of carboxylic acids is 1. The molecule has 1 amide bonds.